The molecule has 0 radical (unpaired) electrons. The number of Topliss-reactive ketones (excluding diaryl/α,β-unsaturated/α-hetero) is 1. The van der Waals surface area contributed by atoms with E-state index < -0.39 is 5.60 Å². The molecule has 0 bridgehead atoms. The largest absolute Gasteiger partial charge is 0.367 e. The Morgan fingerprint density at radius 2 is 2.24 bits per heavy atom. The highest BCUT2D eigenvalue weighted by Crippen LogP contribution is 2.37. The third kappa shape index (κ3) is 3.87. The quantitative estimate of drug-likeness (QED) is 0.785. The molecule has 116 valence electrons. The summed E-state index contributed by atoms with van der Waals surface area (Å²) in [6, 6.07) is 5.88. The Bertz CT molecular complexity index is 508. The van der Waals surface area contributed by atoms with Gasteiger partial charge in [-0.2, -0.15) is 0 Å². The molecule has 1 aromatic carbocycles. The summed E-state index contributed by atoms with van der Waals surface area (Å²) in [5.74, 6) is 0.726. The maximum Gasteiger partial charge on any atom is 0.169 e. The van der Waals surface area contributed by atoms with Crippen molar-refractivity contribution in [3.05, 3.63) is 34.3 Å². The van der Waals surface area contributed by atoms with Gasteiger partial charge in [-0.15, -0.1) is 0 Å². The summed E-state index contributed by atoms with van der Waals surface area (Å²) in [4.78, 5) is 12.9. The predicted octanol–water partition coefficient (Wildman–Crippen LogP) is 4.75. The van der Waals surface area contributed by atoms with Crippen LogP contribution in [0.25, 0.3) is 0 Å². The summed E-state index contributed by atoms with van der Waals surface area (Å²) < 4.78 is 5.95. The summed E-state index contributed by atoms with van der Waals surface area (Å²) in [5, 5.41) is 0.679. The Kier molecular flexibility index (Phi) is 5.45. The Labute approximate surface area is 132 Å². The van der Waals surface area contributed by atoms with Crippen LogP contribution in [0, 0.1) is 12.8 Å². The molecule has 0 aromatic heterocycles. The number of hydrogen-bond donors (Lipinski definition) is 0. The Morgan fingerprint density at radius 1 is 1.48 bits per heavy atom. The summed E-state index contributed by atoms with van der Waals surface area (Å²) in [6.07, 6.45) is 4.30. The van der Waals surface area contributed by atoms with Crippen molar-refractivity contribution in [2.75, 3.05) is 6.61 Å². The number of ketones is 1. The topological polar surface area (TPSA) is 26.3 Å². The number of carbonyl (C=O) groups is 1. The van der Waals surface area contributed by atoms with Crippen molar-refractivity contribution in [3.63, 3.8) is 0 Å². The lowest BCUT2D eigenvalue weighted by atomic mass is 9.75. The number of ether oxygens (including phenoxy) is 1. The van der Waals surface area contributed by atoms with Gasteiger partial charge in [0, 0.05) is 18.1 Å². The van der Waals surface area contributed by atoms with Crippen LogP contribution in [-0.4, -0.2) is 18.0 Å². The van der Waals surface area contributed by atoms with E-state index in [9.17, 15) is 4.79 Å². The smallest absolute Gasteiger partial charge is 0.169 e. The lowest BCUT2D eigenvalue weighted by Crippen LogP contribution is -2.46. The van der Waals surface area contributed by atoms with Gasteiger partial charge in [-0.25, -0.2) is 0 Å². The van der Waals surface area contributed by atoms with Crippen LogP contribution in [-0.2, 0) is 16.0 Å². The molecule has 2 rings (SSSR count). The van der Waals surface area contributed by atoms with Crippen molar-refractivity contribution in [3.8, 4) is 0 Å². The number of rotatable bonds is 5. The van der Waals surface area contributed by atoms with Crippen molar-refractivity contribution in [2.45, 2.75) is 58.5 Å². The van der Waals surface area contributed by atoms with E-state index in [0.29, 0.717) is 24.0 Å². The molecule has 0 aliphatic heterocycles. The third-order valence-electron chi connectivity index (χ3n) is 4.44. The van der Waals surface area contributed by atoms with E-state index in [2.05, 4.69) is 6.92 Å². The van der Waals surface area contributed by atoms with Gasteiger partial charge in [0.25, 0.3) is 0 Å². The van der Waals surface area contributed by atoms with E-state index in [1.165, 1.54) is 6.42 Å². The molecule has 0 N–H and O–H groups in total. The normalized spacial score (nSPS) is 25.8. The van der Waals surface area contributed by atoms with Gasteiger partial charge in [0.05, 0.1) is 0 Å². The number of hydrogen-bond acceptors (Lipinski definition) is 2. The fraction of sp³-hybridized carbons (Fsp3) is 0.611. The zero-order valence-corrected chi connectivity index (χ0v) is 14.0. The molecule has 2 unspecified atom stereocenters. The molecule has 21 heavy (non-hydrogen) atoms. The van der Waals surface area contributed by atoms with Crippen LogP contribution >= 0.6 is 11.6 Å². The Hall–Kier alpha value is -0.860. The summed E-state index contributed by atoms with van der Waals surface area (Å²) in [6.45, 7) is 6.76. The zero-order chi connectivity index (χ0) is 15.5. The van der Waals surface area contributed by atoms with E-state index >= 15 is 0 Å². The first-order chi connectivity index (χ1) is 9.97. The maximum absolute atomic E-state index is 12.9. The van der Waals surface area contributed by atoms with Gasteiger partial charge >= 0.3 is 0 Å². The van der Waals surface area contributed by atoms with E-state index in [0.717, 1.165) is 30.4 Å². The molecular formula is C18H25ClO2. The molecule has 1 aliphatic rings. The average molecular weight is 309 g/mol. The lowest BCUT2D eigenvalue weighted by Gasteiger charge is -2.38. The van der Waals surface area contributed by atoms with Crippen molar-refractivity contribution in [1.29, 1.82) is 0 Å². The second-order valence-corrected chi connectivity index (χ2v) is 6.73. The first-order valence-electron chi connectivity index (χ1n) is 7.89. The SMILES string of the molecule is CCOC1(C(=O)Cc2ccc(C)cc2Cl)CCCC(C)C1. The molecule has 2 nitrogen and oxygen atoms in total. The van der Waals surface area contributed by atoms with Crippen LogP contribution in [0.5, 0.6) is 0 Å². The van der Waals surface area contributed by atoms with Gasteiger partial charge in [-0.1, -0.05) is 37.1 Å². The van der Waals surface area contributed by atoms with E-state index in [-0.39, 0.29) is 5.78 Å². The molecule has 1 aromatic rings. The molecule has 1 fully saturated rings. The van der Waals surface area contributed by atoms with Crippen molar-refractivity contribution in [1.82, 2.24) is 0 Å². The Balaban J connectivity index is 2.18. The molecule has 1 aliphatic carbocycles. The summed E-state index contributed by atoms with van der Waals surface area (Å²) in [7, 11) is 0. The van der Waals surface area contributed by atoms with Gasteiger partial charge in [0.15, 0.2) is 5.78 Å². The highest BCUT2D eigenvalue weighted by atomic mass is 35.5. The summed E-state index contributed by atoms with van der Waals surface area (Å²) in [5.41, 5.74) is 1.42. The first kappa shape index (κ1) is 16.5. The van der Waals surface area contributed by atoms with Gasteiger partial charge in [0.1, 0.15) is 5.60 Å². The van der Waals surface area contributed by atoms with Gasteiger partial charge < -0.3 is 4.74 Å². The highest BCUT2D eigenvalue weighted by molar-refractivity contribution is 6.31. The van der Waals surface area contributed by atoms with Crippen molar-refractivity contribution in [2.24, 2.45) is 5.92 Å². The minimum Gasteiger partial charge on any atom is -0.367 e. The van der Waals surface area contributed by atoms with Crippen LogP contribution in [0.4, 0.5) is 0 Å². The molecule has 0 spiro atoms. The number of benzene rings is 1. The molecule has 0 heterocycles. The second-order valence-electron chi connectivity index (χ2n) is 6.32. The van der Waals surface area contributed by atoms with Crippen molar-refractivity contribution >= 4 is 17.4 Å². The first-order valence-corrected chi connectivity index (χ1v) is 8.27. The van der Waals surface area contributed by atoms with Gasteiger partial charge in [-0.3, -0.25) is 4.79 Å². The minimum absolute atomic E-state index is 0.182. The average Bonchev–Trinajstić information content (AvgIpc) is 2.42. The third-order valence-corrected chi connectivity index (χ3v) is 4.80. The number of aryl methyl sites for hydroxylation is 1. The monoisotopic (exact) mass is 308 g/mol. The molecule has 0 saturated heterocycles. The van der Waals surface area contributed by atoms with Crippen LogP contribution in [0.15, 0.2) is 18.2 Å². The number of halogens is 1. The van der Waals surface area contributed by atoms with Gasteiger partial charge in [0.2, 0.25) is 0 Å². The molecular weight excluding hydrogens is 284 g/mol. The van der Waals surface area contributed by atoms with Crippen LogP contribution in [0.1, 0.15) is 50.7 Å². The summed E-state index contributed by atoms with van der Waals surface area (Å²) >= 11 is 6.27. The highest BCUT2D eigenvalue weighted by Gasteiger charge is 2.42. The van der Waals surface area contributed by atoms with Crippen LogP contribution in [0.2, 0.25) is 5.02 Å². The Morgan fingerprint density at radius 3 is 2.86 bits per heavy atom. The van der Waals surface area contributed by atoms with E-state index in [1.54, 1.807) is 0 Å². The van der Waals surface area contributed by atoms with Crippen LogP contribution in [0.3, 0.4) is 0 Å². The molecule has 2 atom stereocenters. The second kappa shape index (κ2) is 6.93. The fourth-order valence-electron chi connectivity index (χ4n) is 3.37. The fourth-order valence-corrected chi connectivity index (χ4v) is 3.68. The standard InChI is InChI=1S/C18H25ClO2/c1-4-21-18(9-5-6-14(3)12-18)17(20)11-15-8-7-13(2)10-16(15)19/h7-8,10,14H,4-6,9,11-12H2,1-3H3. The van der Waals surface area contributed by atoms with Gasteiger partial charge in [-0.05, 0) is 56.2 Å². The van der Waals surface area contributed by atoms with Crippen molar-refractivity contribution < 1.29 is 9.53 Å². The van der Waals surface area contributed by atoms with E-state index in [4.69, 9.17) is 16.3 Å². The zero-order valence-electron chi connectivity index (χ0n) is 13.2. The molecule has 0 amide bonds. The molecule has 1 saturated carbocycles. The molecule has 3 heteroatoms. The predicted molar refractivity (Wildman–Crippen MR) is 86.9 cm³/mol. The minimum atomic E-state index is -0.597. The van der Waals surface area contributed by atoms with E-state index in [1.807, 2.05) is 32.0 Å². The lowest BCUT2D eigenvalue weighted by molar-refractivity contribution is -0.150. The van der Waals surface area contributed by atoms with Crippen LogP contribution < -0.4 is 0 Å². The maximum atomic E-state index is 12.9. The number of carbonyl (C=O) groups excluding carboxylic acids is 1.